The van der Waals surface area contributed by atoms with Crippen molar-refractivity contribution in [1.82, 2.24) is 0 Å². The smallest absolute Gasteiger partial charge is 0.333 e. The van der Waals surface area contributed by atoms with Crippen molar-refractivity contribution in [1.29, 1.82) is 0 Å². The number of rotatable bonds is 3. The van der Waals surface area contributed by atoms with Crippen molar-refractivity contribution >= 4 is 5.97 Å². The van der Waals surface area contributed by atoms with Crippen molar-refractivity contribution in [2.45, 2.75) is 27.7 Å². The predicted molar refractivity (Wildman–Crippen MR) is 45.2 cm³/mol. The van der Waals surface area contributed by atoms with E-state index >= 15 is 0 Å². The van der Waals surface area contributed by atoms with Crippen LogP contribution in [-0.4, -0.2) is 12.6 Å². The molecule has 0 aromatic heterocycles. The lowest BCUT2D eigenvalue weighted by Gasteiger charge is -2.02. The van der Waals surface area contributed by atoms with Crippen LogP contribution < -0.4 is 0 Å². The highest BCUT2D eigenvalue weighted by atomic mass is 16.5. The minimum atomic E-state index is -0.207. The first kappa shape index (κ1) is 10.2. The standard InChI is InChI=1S/C9H16O2/c1-5-11-9(10)8(4)6-7(2)3/h6-7H,5H2,1-4H3. The summed E-state index contributed by atoms with van der Waals surface area (Å²) in [5, 5.41) is 0. The average Bonchev–Trinajstić information content (AvgIpc) is 1.86. The van der Waals surface area contributed by atoms with Crippen LogP contribution in [0.1, 0.15) is 27.7 Å². The fourth-order valence-electron chi connectivity index (χ4n) is 0.813. The van der Waals surface area contributed by atoms with Crippen LogP contribution in [0.5, 0.6) is 0 Å². The van der Waals surface area contributed by atoms with Crippen molar-refractivity contribution in [2.24, 2.45) is 5.92 Å². The Kier molecular flexibility index (Phi) is 4.59. The van der Waals surface area contributed by atoms with Gasteiger partial charge in [-0.3, -0.25) is 0 Å². The van der Waals surface area contributed by atoms with Gasteiger partial charge in [0.25, 0.3) is 0 Å². The quantitative estimate of drug-likeness (QED) is 0.462. The van der Waals surface area contributed by atoms with Crippen LogP contribution in [0.2, 0.25) is 0 Å². The second kappa shape index (κ2) is 4.94. The SMILES string of the molecule is CCOC(=O)C(C)=CC(C)C. The zero-order valence-electron chi connectivity index (χ0n) is 7.68. The summed E-state index contributed by atoms with van der Waals surface area (Å²) in [4.78, 5) is 11.0. The van der Waals surface area contributed by atoms with Crippen molar-refractivity contribution in [3.63, 3.8) is 0 Å². The van der Waals surface area contributed by atoms with Crippen molar-refractivity contribution in [3.05, 3.63) is 11.6 Å². The molecule has 0 fully saturated rings. The summed E-state index contributed by atoms with van der Waals surface area (Å²) in [5.74, 6) is 0.195. The molecule has 0 spiro atoms. The Hall–Kier alpha value is -0.790. The van der Waals surface area contributed by atoms with Gasteiger partial charge in [0.1, 0.15) is 0 Å². The molecule has 0 aliphatic heterocycles. The summed E-state index contributed by atoms with van der Waals surface area (Å²) in [6.07, 6.45) is 1.90. The van der Waals surface area contributed by atoms with Crippen molar-refractivity contribution < 1.29 is 9.53 Å². The summed E-state index contributed by atoms with van der Waals surface area (Å²) in [6.45, 7) is 8.09. The predicted octanol–water partition coefficient (Wildman–Crippen LogP) is 2.15. The Morgan fingerprint density at radius 3 is 2.45 bits per heavy atom. The lowest BCUT2D eigenvalue weighted by molar-refractivity contribution is -0.138. The van der Waals surface area contributed by atoms with Crippen LogP contribution in [0.3, 0.4) is 0 Å². The van der Waals surface area contributed by atoms with E-state index in [4.69, 9.17) is 4.74 Å². The molecule has 0 aromatic rings. The highest BCUT2D eigenvalue weighted by Crippen LogP contribution is 2.02. The van der Waals surface area contributed by atoms with Crippen molar-refractivity contribution in [2.75, 3.05) is 6.61 Å². The lowest BCUT2D eigenvalue weighted by atomic mass is 10.1. The van der Waals surface area contributed by atoms with Crippen LogP contribution in [-0.2, 0) is 9.53 Å². The number of hydrogen-bond acceptors (Lipinski definition) is 2. The second-order valence-electron chi connectivity index (χ2n) is 2.81. The zero-order valence-corrected chi connectivity index (χ0v) is 7.68. The van der Waals surface area contributed by atoms with E-state index in [2.05, 4.69) is 0 Å². The first-order valence-corrected chi connectivity index (χ1v) is 3.93. The lowest BCUT2D eigenvalue weighted by Crippen LogP contribution is -2.05. The van der Waals surface area contributed by atoms with E-state index in [-0.39, 0.29) is 5.97 Å². The van der Waals surface area contributed by atoms with Gasteiger partial charge in [0.05, 0.1) is 6.61 Å². The van der Waals surface area contributed by atoms with Crippen LogP contribution >= 0.6 is 0 Å². The van der Waals surface area contributed by atoms with E-state index in [0.717, 1.165) is 0 Å². The molecule has 0 amide bonds. The van der Waals surface area contributed by atoms with Gasteiger partial charge in [-0.2, -0.15) is 0 Å². The van der Waals surface area contributed by atoms with Crippen LogP contribution in [0, 0.1) is 5.92 Å². The third-order valence-electron chi connectivity index (χ3n) is 1.18. The molecule has 0 radical (unpaired) electrons. The normalized spacial score (nSPS) is 11.9. The molecule has 0 aliphatic rings. The van der Waals surface area contributed by atoms with Gasteiger partial charge < -0.3 is 4.74 Å². The number of allylic oxidation sites excluding steroid dienone is 1. The number of esters is 1. The van der Waals surface area contributed by atoms with E-state index in [1.54, 1.807) is 13.8 Å². The van der Waals surface area contributed by atoms with Gasteiger partial charge in [0.2, 0.25) is 0 Å². The maximum Gasteiger partial charge on any atom is 0.333 e. The Labute approximate surface area is 68.2 Å². The van der Waals surface area contributed by atoms with E-state index in [1.807, 2.05) is 19.9 Å². The molecule has 0 bridgehead atoms. The molecule has 0 unspecified atom stereocenters. The van der Waals surface area contributed by atoms with E-state index in [0.29, 0.717) is 18.1 Å². The Bertz CT molecular complexity index is 157. The van der Waals surface area contributed by atoms with Gasteiger partial charge in [-0.25, -0.2) is 4.79 Å². The first-order valence-electron chi connectivity index (χ1n) is 3.93. The molecule has 0 heterocycles. The Morgan fingerprint density at radius 1 is 1.55 bits per heavy atom. The third kappa shape index (κ3) is 4.59. The van der Waals surface area contributed by atoms with Crippen LogP contribution in [0.25, 0.3) is 0 Å². The fraction of sp³-hybridized carbons (Fsp3) is 0.667. The molecule has 0 saturated carbocycles. The highest BCUT2D eigenvalue weighted by molar-refractivity contribution is 5.87. The molecule has 2 nitrogen and oxygen atoms in total. The van der Waals surface area contributed by atoms with Crippen LogP contribution in [0.4, 0.5) is 0 Å². The Morgan fingerprint density at radius 2 is 2.09 bits per heavy atom. The van der Waals surface area contributed by atoms with Gasteiger partial charge in [-0.1, -0.05) is 19.9 Å². The molecule has 64 valence electrons. The topological polar surface area (TPSA) is 26.3 Å². The number of carbonyl (C=O) groups excluding carboxylic acids is 1. The number of ether oxygens (including phenoxy) is 1. The van der Waals surface area contributed by atoms with Gasteiger partial charge in [-0.15, -0.1) is 0 Å². The highest BCUT2D eigenvalue weighted by Gasteiger charge is 2.03. The minimum Gasteiger partial charge on any atom is -0.463 e. The molecular formula is C9H16O2. The number of carbonyl (C=O) groups is 1. The monoisotopic (exact) mass is 156 g/mol. The van der Waals surface area contributed by atoms with Gasteiger partial charge in [0, 0.05) is 5.57 Å². The van der Waals surface area contributed by atoms with Gasteiger partial charge >= 0.3 is 5.97 Å². The molecular weight excluding hydrogens is 140 g/mol. The molecule has 0 aromatic carbocycles. The third-order valence-corrected chi connectivity index (χ3v) is 1.18. The summed E-state index contributed by atoms with van der Waals surface area (Å²) in [6, 6.07) is 0. The molecule has 0 aliphatic carbocycles. The maximum absolute atomic E-state index is 11.0. The largest absolute Gasteiger partial charge is 0.463 e. The van der Waals surface area contributed by atoms with Crippen LogP contribution in [0.15, 0.2) is 11.6 Å². The van der Waals surface area contributed by atoms with Gasteiger partial charge in [-0.05, 0) is 19.8 Å². The zero-order chi connectivity index (χ0) is 8.85. The molecule has 11 heavy (non-hydrogen) atoms. The molecule has 0 atom stereocenters. The summed E-state index contributed by atoms with van der Waals surface area (Å²) < 4.78 is 4.80. The molecule has 0 N–H and O–H groups in total. The molecule has 0 saturated heterocycles. The van der Waals surface area contributed by atoms with Crippen molar-refractivity contribution in [3.8, 4) is 0 Å². The van der Waals surface area contributed by atoms with E-state index in [1.165, 1.54) is 0 Å². The Balaban J connectivity index is 4.01. The second-order valence-corrected chi connectivity index (χ2v) is 2.81. The fourth-order valence-corrected chi connectivity index (χ4v) is 0.813. The van der Waals surface area contributed by atoms with Gasteiger partial charge in [0.15, 0.2) is 0 Å². The number of hydrogen-bond donors (Lipinski definition) is 0. The summed E-state index contributed by atoms with van der Waals surface area (Å²) in [7, 11) is 0. The first-order chi connectivity index (χ1) is 5.07. The summed E-state index contributed by atoms with van der Waals surface area (Å²) in [5.41, 5.74) is 0.696. The summed E-state index contributed by atoms with van der Waals surface area (Å²) >= 11 is 0. The minimum absolute atomic E-state index is 0.207. The molecule has 2 heteroatoms. The maximum atomic E-state index is 11.0. The van der Waals surface area contributed by atoms with E-state index in [9.17, 15) is 4.79 Å². The van der Waals surface area contributed by atoms with E-state index < -0.39 is 0 Å². The molecule has 0 rings (SSSR count). The average molecular weight is 156 g/mol.